The zero-order valence-electron chi connectivity index (χ0n) is 30.1. The fraction of sp³-hybridized carbons (Fsp3) is 1.00. The van der Waals surface area contributed by atoms with Crippen molar-refractivity contribution in [3.8, 4) is 0 Å². The van der Waals surface area contributed by atoms with Gasteiger partial charge in [0.15, 0.2) is 0 Å². The number of unbranched alkanes of at least 4 members (excludes halogenated alkanes) is 24. The third kappa shape index (κ3) is 28.7. The third-order valence-corrected chi connectivity index (χ3v) is 9.98. The van der Waals surface area contributed by atoms with Crippen molar-refractivity contribution in [1.82, 2.24) is 9.80 Å². The minimum Gasteiger partial charge on any atom is -0.301 e. The van der Waals surface area contributed by atoms with Gasteiger partial charge in [-0.15, -0.1) is 0 Å². The maximum absolute atomic E-state index is 2.74. The Kier molecular flexibility index (Phi) is 29.4. The summed E-state index contributed by atoms with van der Waals surface area (Å²) in [6.45, 7) is 17.4. The van der Waals surface area contributed by atoms with E-state index in [4.69, 9.17) is 0 Å². The highest BCUT2D eigenvalue weighted by Crippen LogP contribution is 2.16. The van der Waals surface area contributed by atoms with Crippen molar-refractivity contribution in [2.75, 3.05) is 39.3 Å². The van der Waals surface area contributed by atoms with Gasteiger partial charge < -0.3 is 9.80 Å². The first-order valence-electron chi connectivity index (χ1n) is 20.0. The molecule has 2 heteroatoms. The second-order valence-corrected chi connectivity index (χ2v) is 15.2. The van der Waals surface area contributed by atoms with Crippen molar-refractivity contribution in [3.05, 3.63) is 0 Å². The van der Waals surface area contributed by atoms with Gasteiger partial charge in [-0.3, -0.25) is 0 Å². The predicted molar refractivity (Wildman–Crippen MR) is 192 cm³/mol. The molecule has 252 valence electrons. The fourth-order valence-electron chi connectivity index (χ4n) is 6.90. The lowest BCUT2D eigenvalue weighted by Gasteiger charge is -2.34. The van der Waals surface area contributed by atoms with Gasteiger partial charge in [0.05, 0.1) is 0 Å². The summed E-state index contributed by atoms with van der Waals surface area (Å²) in [5, 5.41) is 0. The van der Waals surface area contributed by atoms with Gasteiger partial charge in [-0.05, 0) is 37.8 Å². The largest absolute Gasteiger partial charge is 0.301 e. The van der Waals surface area contributed by atoms with Crippen LogP contribution in [0.25, 0.3) is 0 Å². The third-order valence-electron chi connectivity index (χ3n) is 9.98. The lowest BCUT2D eigenvalue weighted by Crippen LogP contribution is -2.46. The molecule has 0 saturated carbocycles. The van der Waals surface area contributed by atoms with E-state index in [0.717, 1.165) is 11.8 Å². The molecule has 0 aliphatic carbocycles. The summed E-state index contributed by atoms with van der Waals surface area (Å²) in [7, 11) is 0. The topological polar surface area (TPSA) is 6.48 Å². The van der Waals surface area contributed by atoms with Crippen molar-refractivity contribution < 1.29 is 0 Å². The van der Waals surface area contributed by atoms with Gasteiger partial charge in [-0.1, -0.05) is 195 Å². The van der Waals surface area contributed by atoms with E-state index in [-0.39, 0.29) is 0 Å². The highest BCUT2D eigenvalue weighted by Gasteiger charge is 2.15. The Balaban J connectivity index is 1.74. The predicted octanol–water partition coefficient (Wildman–Crippen LogP) is 12.8. The Labute approximate surface area is 267 Å². The van der Waals surface area contributed by atoms with Crippen LogP contribution >= 0.6 is 0 Å². The summed E-state index contributed by atoms with van der Waals surface area (Å²) in [4.78, 5) is 5.48. The highest BCUT2D eigenvalue weighted by molar-refractivity contribution is 4.72. The van der Waals surface area contributed by atoms with Gasteiger partial charge in [0.1, 0.15) is 0 Å². The van der Waals surface area contributed by atoms with Crippen LogP contribution in [0, 0.1) is 11.8 Å². The number of nitrogens with zero attached hydrogens (tertiary/aromatic N) is 2. The van der Waals surface area contributed by atoms with Crippen LogP contribution in [-0.2, 0) is 0 Å². The number of piperazine rings is 1. The van der Waals surface area contributed by atoms with E-state index in [1.807, 2.05) is 0 Å². The standard InChI is InChI=1S/C40H82N2/c1-39(2)31-27-23-19-15-11-7-5-9-13-17-21-25-29-33-41-35-37-42(38-36-41)34-30-26-22-18-14-10-6-8-12-16-20-24-28-32-40(3)4/h39-40H,5-38H2,1-4H3. The normalized spacial score (nSPS) is 15.0. The van der Waals surface area contributed by atoms with Gasteiger partial charge in [0, 0.05) is 26.2 Å². The monoisotopic (exact) mass is 591 g/mol. The second kappa shape index (κ2) is 30.9. The lowest BCUT2D eigenvalue weighted by atomic mass is 10.0. The van der Waals surface area contributed by atoms with Crippen LogP contribution in [0.2, 0.25) is 0 Å². The van der Waals surface area contributed by atoms with Crippen LogP contribution in [-0.4, -0.2) is 49.1 Å². The molecule has 0 aromatic carbocycles. The molecule has 0 amide bonds. The zero-order chi connectivity index (χ0) is 30.4. The Hall–Kier alpha value is -0.0800. The quantitative estimate of drug-likeness (QED) is 0.0719. The summed E-state index contributed by atoms with van der Waals surface area (Å²) in [6.07, 6.45) is 41.0. The second-order valence-electron chi connectivity index (χ2n) is 15.2. The summed E-state index contributed by atoms with van der Waals surface area (Å²) in [6, 6.07) is 0. The van der Waals surface area contributed by atoms with Crippen molar-refractivity contribution in [2.45, 2.75) is 207 Å². The summed E-state index contributed by atoms with van der Waals surface area (Å²) in [5.41, 5.74) is 0. The minimum absolute atomic E-state index is 0.892. The van der Waals surface area contributed by atoms with Crippen molar-refractivity contribution >= 4 is 0 Å². The van der Waals surface area contributed by atoms with E-state index in [1.54, 1.807) is 0 Å². The van der Waals surface area contributed by atoms with Crippen LogP contribution in [0.4, 0.5) is 0 Å². The first-order chi connectivity index (χ1) is 20.6. The Bertz CT molecular complexity index is 462. The van der Waals surface area contributed by atoms with Crippen molar-refractivity contribution in [2.24, 2.45) is 11.8 Å². The molecule has 1 heterocycles. The van der Waals surface area contributed by atoms with E-state index >= 15 is 0 Å². The molecule has 42 heavy (non-hydrogen) atoms. The average Bonchev–Trinajstić information content (AvgIpc) is 2.97. The SMILES string of the molecule is CC(C)CCCCCCCCCCCCCCCN1CCN(CCCCCCCCCCCCCCCC(C)C)CC1. The van der Waals surface area contributed by atoms with E-state index in [9.17, 15) is 0 Å². The molecule has 0 aromatic heterocycles. The molecule has 1 fully saturated rings. The average molecular weight is 591 g/mol. The van der Waals surface area contributed by atoms with Gasteiger partial charge in [0.25, 0.3) is 0 Å². The lowest BCUT2D eigenvalue weighted by molar-refractivity contribution is 0.129. The molecular weight excluding hydrogens is 508 g/mol. The Morgan fingerprint density at radius 3 is 0.690 bits per heavy atom. The molecule has 0 aromatic rings. The fourth-order valence-corrected chi connectivity index (χ4v) is 6.90. The summed E-state index contributed by atoms with van der Waals surface area (Å²) in [5.74, 6) is 1.78. The molecule has 1 aliphatic rings. The highest BCUT2D eigenvalue weighted by atomic mass is 15.3. The molecular formula is C40H82N2. The van der Waals surface area contributed by atoms with Crippen LogP contribution in [0.5, 0.6) is 0 Å². The Morgan fingerprint density at radius 2 is 0.476 bits per heavy atom. The van der Waals surface area contributed by atoms with Gasteiger partial charge in [-0.2, -0.15) is 0 Å². The van der Waals surface area contributed by atoms with E-state index < -0.39 is 0 Å². The van der Waals surface area contributed by atoms with Gasteiger partial charge in [-0.25, -0.2) is 0 Å². The summed E-state index contributed by atoms with van der Waals surface area (Å²) < 4.78 is 0. The Morgan fingerprint density at radius 1 is 0.286 bits per heavy atom. The van der Waals surface area contributed by atoms with Crippen molar-refractivity contribution in [3.63, 3.8) is 0 Å². The van der Waals surface area contributed by atoms with Gasteiger partial charge >= 0.3 is 0 Å². The van der Waals surface area contributed by atoms with Crippen LogP contribution in [0.15, 0.2) is 0 Å². The number of rotatable bonds is 32. The maximum Gasteiger partial charge on any atom is 0.0110 e. The molecule has 0 atom stereocenters. The molecule has 1 rings (SSSR count). The smallest absolute Gasteiger partial charge is 0.0110 e. The molecule has 0 spiro atoms. The number of hydrogen-bond acceptors (Lipinski definition) is 2. The molecule has 0 radical (unpaired) electrons. The van der Waals surface area contributed by atoms with Crippen LogP contribution < -0.4 is 0 Å². The van der Waals surface area contributed by atoms with E-state index in [2.05, 4.69) is 37.5 Å². The number of hydrogen-bond donors (Lipinski definition) is 0. The minimum atomic E-state index is 0.892. The van der Waals surface area contributed by atoms with E-state index in [0.29, 0.717) is 0 Å². The first kappa shape index (κ1) is 39.9. The molecule has 0 unspecified atom stereocenters. The van der Waals surface area contributed by atoms with Crippen molar-refractivity contribution in [1.29, 1.82) is 0 Å². The van der Waals surface area contributed by atoms with E-state index in [1.165, 1.54) is 219 Å². The zero-order valence-corrected chi connectivity index (χ0v) is 30.1. The molecule has 0 N–H and O–H groups in total. The maximum atomic E-state index is 2.74. The van der Waals surface area contributed by atoms with Crippen LogP contribution in [0.1, 0.15) is 207 Å². The first-order valence-corrected chi connectivity index (χ1v) is 20.0. The molecule has 2 nitrogen and oxygen atoms in total. The van der Waals surface area contributed by atoms with Gasteiger partial charge in [0.2, 0.25) is 0 Å². The summed E-state index contributed by atoms with van der Waals surface area (Å²) >= 11 is 0. The molecule has 1 saturated heterocycles. The van der Waals surface area contributed by atoms with Crippen LogP contribution in [0.3, 0.4) is 0 Å². The molecule has 1 aliphatic heterocycles. The molecule has 0 bridgehead atoms.